The normalized spacial score (nSPS) is 10.1. The Balaban J connectivity index is 2.06. The lowest BCUT2D eigenvalue weighted by Crippen LogP contribution is -1.92. The van der Waals surface area contributed by atoms with Crippen LogP contribution in [0.2, 0.25) is 0 Å². The molecule has 0 saturated heterocycles. The molecule has 0 aromatic heterocycles. The number of azide groups is 1. The second-order valence-corrected chi connectivity index (χ2v) is 5.08. The summed E-state index contributed by atoms with van der Waals surface area (Å²) in [5, 5.41) is 3.52. The van der Waals surface area contributed by atoms with Gasteiger partial charge in [0.2, 0.25) is 0 Å². The standard InChI is InChI=1S/C16H23N3O/c1-14(20)16-11-9-15(10-12-16)8-6-4-2-3-5-7-13-18-19-17/h9-12H,2-8,13H2,1H3. The minimum atomic E-state index is 0.122. The van der Waals surface area contributed by atoms with Gasteiger partial charge in [0, 0.05) is 17.0 Å². The molecule has 0 N–H and O–H groups in total. The summed E-state index contributed by atoms with van der Waals surface area (Å²) in [6.45, 7) is 2.22. The van der Waals surface area contributed by atoms with Crippen LogP contribution in [-0.4, -0.2) is 12.3 Å². The van der Waals surface area contributed by atoms with Gasteiger partial charge in [0.1, 0.15) is 0 Å². The fourth-order valence-electron chi connectivity index (χ4n) is 2.17. The molecule has 0 aliphatic carbocycles. The summed E-state index contributed by atoms with van der Waals surface area (Å²) < 4.78 is 0. The van der Waals surface area contributed by atoms with E-state index in [9.17, 15) is 4.79 Å². The van der Waals surface area contributed by atoms with E-state index in [-0.39, 0.29) is 5.78 Å². The summed E-state index contributed by atoms with van der Waals surface area (Å²) in [6, 6.07) is 7.92. The summed E-state index contributed by atoms with van der Waals surface area (Å²) in [7, 11) is 0. The average molecular weight is 273 g/mol. The van der Waals surface area contributed by atoms with Crippen LogP contribution >= 0.6 is 0 Å². The average Bonchev–Trinajstić information content (AvgIpc) is 2.46. The summed E-state index contributed by atoms with van der Waals surface area (Å²) in [6.07, 6.45) is 8.09. The first kappa shape index (κ1) is 16.3. The van der Waals surface area contributed by atoms with Crippen LogP contribution in [0.5, 0.6) is 0 Å². The lowest BCUT2D eigenvalue weighted by Gasteiger charge is -2.03. The van der Waals surface area contributed by atoms with Crippen LogP contribution in [0.4, 0.5) is 0 Å². The SMILES string of the molecule is CC(=O)c1ccc(CCCCCCCCN=[N+]=[N-])cc1. The highest BCUT2D eigenvalue weighted by Crippen LogP contribution is 2.11. The third kappa shape index (κ3) is 6.95. The number of ketones is 1. The van der Waals surface area contributed by atoms with Crippen molar-refractivity contribution in [2.24, 2.45) is 5.11 Å². The minimum absolute atomic E-state index is 0.122. The highest BCUT2D eigenvalue weighted by Gasteiger charge is 1.99. The molecule has 0 aliphatic heterocycles. The number of hydrogen-bond acceptors (Lipinski definition) is 2. The van der Waals surface area contributed by atoms with E-state index in [1.807, 2.05) is 12.1 Å². The molecule has 20 heavy (non-hydrogen) atoms. The first-order valence-electron chi connectivity index (χ1n) is 7.35. The maximum atomic E-state index is 11.2. The highest BCUT2D eigenvalue weighted by molar-refractivity contribution is 5.93. The number of nitrogens with zero attached hydrogens (tertiary/aromatic N) is 3. The predicted octanol–water partition coefficient (Wildman–Crippen LogP) is 5.08. The van der Waals surface area contributed by atoms with Crippen molar-refractivity contribution in [1.82, 2.24) is 0 Å². The van der Waals surface area contributed by atoms with Crippen molar-refractivity contribution in [3.05, 3.63) is 45.8 Å². The van der Waals surface area contributed by atoms with Crippen LogP contribution in [0.25, 0.3) is 10.4 Å². The second-order valence-electron chi connectivity index (χ2n) is 5.08. The Morgan fingerprint density at radius 1 is 1.05 bits per heavy atom. The summed E-state index contributed by atoms with van der Waals surface area (Å²) >= 11 is 0. The van der Waals surface area contributed by atoms with Crippen molar-refractivity contribution in [3.63, 3.8) is 0 Å². The third-order valence-corrected chi connectivity index (χ3v) is 3.40. The van der Waals surface area contributed by atoms with Gasteiger partial charge in [-0.1, -0.05) is 55.1 Å². The number of rotatable bonds is 10. The molecule has 108 valence electrons. The number of unbranched alkanes of at least 4 members (excludes halogenated alkanes) is 5. The fourth-order valence-corrected chi connectivity index (χ4v) is 2.17. The molecule has 0 spiro atoms. The highest BCUT2D eigenvalue weighted by atomic mass is 16.1. The number of hydrogen-bond donors (Lipinski definition) is 0. The zero-order valence-corrected chi connectivity index (χ0v) is 12.2. The minimum Gasteiger partial charge on any atom is -0.295 e. The molecular weight excluding hydrogens is 250 g/mol. The molecule has 0 unspecified atom stereocenters. The molecule has 1 aromatic carbocycles. The Hall–Kier alpha value is -1.80. The van der Waals surface area contributed by atoms with E-state index in [1.165, 1.54) is 31.2 Å². The first-order chi connectivity index (χ1) is 9.74. The van der Waals surface area contributed by atoms with Crippen molar-refractivity contribution in [2.75, 3.05) is 6.54 Å². The maximum absolute atomic E-state index is 11.2. The zero-order valence-electron chi connectivity index (χ0n) is 12.2. The maximum Gasteiger partial charge on any atom is 0.159 e. The van der Waals surface area contributed by atoms with E-state index < -0.39 is 0 Å². The summed E-state index contributed by atoms with van der Waals surface area (Å²) in [4.78, 5) is 13.9. The molecule has 0 atom stereocenters. The smallest absolute Gasteiger partial charge is 0.159 e. The van der Waals surface area contributed by atoms with Crippen molar-refractivity contribution < 1.29 is 4.79 Å². The summed E-state index contributed by atoms with van der Waals surface area (Å²) in [5.74, 6) is 0.122. The predicted molar refractivity (Wildman–Crippen MR) is 81.9 cm³/mol. The molecule has 0 fully saturated rings. The van der Waals surface area contributed by atoms with Crippen LogP contribution in [0.3, 0.4) is 0 Å². The molecule has 4 heteroatoms. The lowest BCUT2D eigenvalue weighted by atomic mass is 10.0. The Morgan fingerprint density at radius 2 is 1.65 bits per heavy atom. The molecular formula is C16H23N3O. The molecule has 0 radical (unpaired) electrons. The van der Waals surface area contributed by atoms with Gasteiger partial charge in [-0.05, 0) is 37.3 Å². The van der Waals surface area contributed by atoms with E-state index >= 15 is 0 Å². The van der Waals surface area contributed by atoms with E-state index in [4.69, 9.17) is 5.53 Å². The van der Waals surface area contributed by atoms with Crippen LogP contribution < -0.4 is 0 Å². The fraction of sp³-hybridized carbons (Fsp3) is 0.562. The Morgan fingerprint density at radius 3 is 2.25 bits per heavy atom. The molecule has 0 bridgehead atoms. The van der Waals surface area contributed by atoms with Gasteiger partial charge in [-0.3, -0.25) is 4.79 Å². The molecule has 0 saturated carbocycles. The van der Waals surface area contributed by atoms with Crippen molar-refractivity contribution in [2.45, 2.75) is 51.9 Å². The quantitative estimate of drug-likeness (QED) is 0.193. The van der Waals surface area contributed by atoms with Crippen molar-refractivity contribution in [3.8, 4) is 0 Å². The lowest BCUT2D eigenvalue weighted by molar-refractivity contribution is 0.101. The molecule has 4 nitrogen and oxygen atoms in total. The molecule has 0 amide bonds. The van der Waals surface area contributed by atoms with Crippen molar-refractivity contribution in [1.29, 1.82) is 0 Å². The number of carbonyl (C=O) groups is 1. The molecule has 0 heterocycles. The number of benzene rings is 1. The van der Waals surface area contributed by atoms with Crippen LogP contribution in [0, 0.1) is 0 Å². The van der Waals surface area contributed by atoms with Crippen LogP contribution in [0.15, 0.2) is 29.4 Å². The van der Waals surface area contributed by atoms with Gasteiger partial charge in [0.15, 0.2) is 5.78 Å². The van der Waals surface area contributed by atoms with E-state index in [2.05, 4.69) is 22.2 Å². The van der Waals surface area contributed by atoms with Gasteiger partial charge in [0.25, 0.3) is 0 Å². The first-order valence-corrected chi connectivity index (χ1v) is 7.35. The Kier molecular flexibility index (Phi) is 8.16. The zero-order chi connectivity index (χ0) is 14.6. The number of aryl methyl sites for hydroxylation is 1. The Bertz CT molecular complexity index is 447. The summed E-state index contributed by atoms with van der Waals surface area (Å²) in [5.41, 5.74) is 10.2. The molecule has 1 rings (SSSR count). The molecule has 1 aromatic rings. The van der Waals surface area contributed by atoms with Crippen LogP contribution in [-0.2, 0) is 6.42 Å². The van der Waals surface area contributed by atoms with Gasteiger partial charge in [-0.2, -0.15) is 0 Å². The topological polar surface area (TPSA) is 65.8 Å². The van der Waals surface area contributed by atoms with Gasteiger partial charge in [0.05, 0.1) is 0 Å². The van der Waals surface area contributed by atoms with Crippen molar-refractivity contribution >= 4 is 5.78 Å². The third-order valence-electron chi connectivity index (χ3n) is 3.40. The van der Waals surface area contributed by atoms with E-state index in [1.54, 1.807) is 6.92 Å². The number of carbonyl (C=O) groups excluding carboxylic acids is 1. The van der Waals surface area contributed by atoms with E-state index in [0.717, 1.165) is 24.8 Å². The second kappa shape index (κ2) is 10.0. The van der Waals surface area contributed by atoms with Gasteiger partial charge >= 0.3 is 0 Å². The monoisotopic (exact) mass is 273 g/mol. The molecule has 0 aliphatic rings. The van der Waals surface area contributed by atoms with E-state index in [0.29, 0.717) is 6.54 Å². The van der Waals surface area contributed by atoms with Crippen LogP contribution in [0.1, 0.15) is 61.4 Å². The Labute approximate surface area is 120 Å². The number of Topliss-reactive ketones (excluding diaryl/α,β-unsaturated/α-hetero) is 1. The van der Waals surface area contributed by atoms with Gasteiger partial charge in [-0.15, -0.1) is 0 Å². The van der Waals surface area contributed by atoms with Gasteiger partial charge in [-0.25, -0.2) is 0 Å². The van der Waals surface area contributed by atoms with Gasteiger partial charge < -0.3 is 0 Å². The largest absolute Gasteiger partial charge is 0.295 e.